The van der Waals surface area contributed by atoms with Crippen LogP contribution in [0.15, 0.2) is 0 Å². The highest BCUT2D eigenvalue weighted by Gasteiger charge is 2.50. The number of rotatable bonds is 63. The van der Waals surface area contributed by atoms with Crippen LogP contribution in [0.5, 0.6) is 0 Å². The van der Waals surface area contributed by atoms with E-state index in [1.807, 2.05) is 132 Å². The standard InChI is InChI=1S/C92H168N10O29/c1-23-91(21,22)63(109)39-83(5,6)47-87(13,14)43-70(116)102-92(54-123-36-27-64(110)93-30-24-33-96-67(113)40-84(7,8)48-88(15,16)51-126-80-71(99-57(2)106)77(120)74(117)60(44-103)129-80,55-124-37-28-65(111)94-31-25-34-97-68(114)41-85(9,10)49-89(17,18)52-127-81-72(100-58(3)107)78(121)75(118)61(45-104)130-81)56-125-38-29-66(112)95-32-26-35-98-69(115)42-86(11,12)50-90(19,20)53-128-82-73(101-59(4)108)79(122)76(119)62(46-105)131-82/h60-62,71-82,103-105,117-122H,23-56H2,1-22H3,(H,93,110)(H,94,111)(H,95,112)(H,96,113)(H,97,114)(H,98,115)(H,99,106)(H,100,107)(H,101,108)(H,102,116). The SMILES string of the molecule is CCC(C)(C)C(=O)CC(C)(C)CC(C)(C)CC(=O)NC(COCCC(=O)NCCCNC(=O)CC(C)(C)CC(C)(C)COC1OC(CO)C(O)C(O)C1NC(C)=O)(COCCC(=O)NCCCNC(=O)CC(C)(C)CC(C)(C)COC1OC(CO)C(O)C(O)C1NC(C)=O)COCCC(=O)NCCCNC(=O)CC(C)(C)CC(C)(C)COC1OC(CO)C(O)C(O)C1NC(C)=O. The van der Waals surface area contributed by atoms with Crippen molar-refractivity contribution in [2.75, 3.05) is 119 Å². The van der Waals surface area contributed by atoms with Gasteiger partial charge in [0.2, 0.25) is 59.1 Å². The van der Waals surface area contributed by atoms with Gasteiger partial charge in [-0.2, -0.15) is 0 Å². The Bertz CT molecular complexity index is 3270. The maximum absolute atomic E-state index is 14.7. The van der Waals surface area contributed by atoms with Crippen LogP contribution in [-0.2, 0) is 95.4 Å². The number of amides is 10. The first kappa shape index (κ1) is 119. The van der Waals surface area contributed by atoms with Gasteiger partial charge in [-0.3, -0.25) is 52.7 Å². The molecule has 0 aromatic rings. The molecule has 3 rings (SSSR count). The molecule has 131 heavy (non-hydrogen) atoms. The molecule has 0 aromatic carbocycles. The van der Waals surface area contributed by atoms with Crippen molar-refractivity contribution < 1.29 is 141 Å². The molecule has 3 aliphatic rings. The lowest BCUT2D eigenvalue weighted by Crippen LogP contribution is -2.64. The van der Waals surface area contributed by atoms with Crippen molar-refractivity contribution in [2.24, 2.45) is 48.7 Å². The predicted octanol–water partition coefficient (Wildman–Crippen LogP) is 1.54. The van der Waals surface area contributed by atoms with Gasteiger partial charge in [0, 0.05) is 117 Å². The molecule has 15 unspecified atom stereocenters. The minimum Gasteiger partial charge on any atom is -0.394 e. The molecular weight excluding hydrogens is 1710 g/mol. The summed E-state index contributed by atoms with van der Waals surface area (Å²) in [6, 6.07) is -3.35. The Kier molecular flexibility index (Phi) is 49.5. The zero-order valence-corrected chi connectivity index (χ0v) is 82.4. The average Bonchev–Trinajstić information content (AvgIpc) is 0.807. The predicted molar refractivity (Wildman–Crippen MR) is 484 cm³/mol. The third-order valence-corrected chi connectivity index (χ3v) is 23.3. The summed E-state index contributed by atoms with van der Waals surface area (Å²) in [5.41, 5.74) is -6.61. The molecule has 0 spiro atoms. The molecule has 39 nitrogen and oxygen atoms in total. The number of Topliss-reactive ketones (excluding diaryl/α,β-unsaturated/α-hetero) is 1. The number of ether oxygens (including phenoxy) is 9. The molecule has 39 heteroatoms. The lowest BCUT2D eigenvalue weighted by atomic mass is 9.68. The molecule has 19 N–H and O–H groups in total. The Labute approximate surface area is 775 Å². The molecule has 3 aliphatic heterocycles. The first-order valence-corrected chi connectivity index (χ1v) is 46.3. The van der Waals surface area contributed by atoms with Crippen LogP contribution in [0.25, 0.3) is 0 Å². The Morgan fingerprint density at radius 3 is 0.794 bits per heavy atom. The summed E-state index contributed by atoms with van der Waals surface area (Å²) in [6.07, 6.45) is -11.9. The van der Waals surface area contributed by atoms with Gasteiger partial charge in [-0.25, -0.2) is 0 Å². The molecule has 3 saturated heterocycles. The Morgan fingerprint density at radius 1 is 0.313 bits per heavy atom. The number of hydrogen-bond donors (Lipinski definition) is 19. The topological polar surface area (TPSA) is 573 Å². The number of carbonyl (C=O) groups is 11. The van der Waals surface area contributed by atoms with Gasteiger partial charge in [-0.15, -0.1) is 0 Å². The average molecular weight is 1880 g/mol. The van der Waals surface area contributed by atoms with E-state index < -0.39 is 190 Å². The van der Waals surface area contributed by atoms with Crippen LogP contribution >= 0.6 is 0 Å². The van der Waals surface area contributed by atoms with Gasteiger partial charge < -0.3 is 142 Å². The summed E-state index contributed by atoms with van der Waals surface area (Å²) >= 11 is 0. The van der Waals surface area contributed by atoms with E-state index in [1.54, 1.807) is 0 Å². The van der Waals surface area contributed by atoms with Gasteiger partial charge in [0.15, 0.2) is 18.9 Å². The van der Waals surface area contributed by atoms with Gasteiger partial charge in [-0.05, 0) is 94.7 Å². The fourth-order valence-corrected chi connectivity index (χ4v) is 18.0. The summed E-state index contributed by atoms with van der Waals surface area (Å²) in [5.74, 6) is -3.62. The highest BCUT2D eigenvalue weighted by molar-refractivity contribution is 5.85. The van der Waals surface area contributed by atoms with E-state index in [1.165, 1.54) is 20.8 Å². The van der Waals surface area contributed by atoms with Gasteiger partial charge >= 0.3 is 0 Å². The molecule has 10 amide bonds. The fraction of sp³-hybridized carbons (Fsp3) is 0.880. The maximum Gasteiger partial charge on any atom is 0.222 e. The van der Waals surface area contributed by atoms with Crippen molar-refractivity contribution in [1.29, 1.82) is 0 Å². The quantitative estimate of drug-likeness (QED) is 0.0384. The molecule has 0 radical (unpaired) electrons. The van der Waals surface area contributed by atoms with E-state index in [2.05, 4.69) is 53.2 Å². The molecule has 0 bridgehead atoms. The molecule has 760 valence electrons. The van der Waals surface area contributed by atoms with Crippen molar-refractivity contribution in [3.8, 4) is 0 Å². The molecule has 3 fully saturated rings. The van der Waals surface area contributed by atoms with E-state index >= 15 is 0 Å². The van der Waals surface area contributed by atoms with Gasteiger partial charge in [0.25, 0.3) is 0 Å². The number of carbonyl (C=O) groups excluding carboxylic acids is 11. The first-order valence-electron chi connectivity index (χ1n) is 46.3. The zero-order chi connectivity index (χ0) is 99.5. The first-order chi connectivity index (χ1) is 60.6. The van der Waals surface area contributed by atoms with E-state index in [0.29, 0.717) is 51.4 Å². The molecule has 0 aromatic heterocycles. The smallest absolute Gasteiger partial charge is 0.222 e. The Hall–Kier alpha value is -6.35. The number of ketones is 1. The number of aliphatic hydroxyl groups excluding tert-OH is 9. The molecule has 3 heterocycles. The maximum atomic E-state index is 14.7. The van der Waals surface area contributed by atoms with E-state index in [4.69, 9.17) is 42.6 Å². The van der Waals surface area contributed by atoms with Crippen molar-refractivity contribution >= 4 is 64.9 Å². The van der Waals surface area contributed by atoms with Crippen molar-refractivity contribution in [3.05, 3.63) is 0 Å². The molecule has 0 aliphatic carbocycles. The Balaban J connectivity index is 1.74. The zero-order valence-electron chi connectivity index (χ0n) is 82.4. The van der Waals surface area contributed by atoms with Crippen molar-refractivity contribution in [3.63, 3.8) is 0 Å². The highest BCUT2D eigenvalue weighted by atomic mass is 16.7. The molecule has 15 atom stereocenters. The van der Waals surface area contributed by atoms with Crippen LogP contribution in [0, 0.1) is 48.7 Å². The minimum atomic E-state index is -1.51. The van der Waals surface area contributed by atoms with Crippen LogP contribution in [0.1, 0.15) is 255 Å². The summed E-state index contributed by atoms with van der Waals surface area (Å²) in [4.78, 5) is 145. The second-order valence-electron chi connectivity index (χ2n) is 43.2. The van der Waals surface area contributed by atoms with Crippen molar-refractivity contribution in [1.82, 2.24) is 53.2 Å². The normalized spacial score (nSPS) is 23.6. The van der Waals surface area contributed by atoms with E-state index in [9.17, 15) is 98.7 Å². The lowest BCUT2D eigenvalue weighted by molar-refractivity contribution is -0.276. The minimum absolute atomic E-state index is 0.0313. The van der Waals surface area contributed by atoms with Crippen LogP contribution in [0.4, 0.5) is 0 Å². The summed E-state index contributed by atoms with van der Waals surface area (Å²) in [5, 5.41) is 121. The van der Waals surface area contributed by atoms with Crippen LogP contribution < -0.4 is 53.2 Å². The highest BCUT2D eigenvalue weighted by Crippen LogP contribution is 2.43. The van der Waals surface area contributed by atoms with Crippen LogP contribution in [0.2, 0.25) is 0 Å². The largest absolute Gasteiger partial charge is 0.394 e. The fourth-order valence-electron chi connectivity index (χ4n) is 18.0. The third-order valence-electron chi connectivity index (χ3n) is 23.3. The van der Waals surface area contributed by atoms with Gasteiger partial charge in [0.05, 0.1) is 79.3 Å². The molecule has 0 saturated carbocycles. The van der Waals surface area contributed by atoms with Crippen LogP contribution in [-0.4, -0.2) is 327 Å². The van der Waals surface area contributed by atoms with Gasteiger partial charge in [0.1, 0.15) is 84.4 Å². The summed E-state index contributed by atoms with van der Waals surface area (Å²) in [6.45, 7) is 38.9. The third kappa shape index (κ3) is 45.5. The van der Waals surface area contributed by atoms with Gasteiger partial charge in [-0.1, -0.05) is 132 Å². The van der Waals surface area contributed by atoms with Crippen LogP contribution in [0.3, 0.4) is 0 Å². The van der Waals surface area contributed by atoms with E-state index in [0.717, 1.165) is 0 Å². The monoisotopic (exact) mass is 1880 g/mol. The number of aliphatic hydroxyl groups is 9. The Morgan fingerprint density at radius 2 is 0.550 bits per heavy atom. The number of hydrogen-bond acceptors (Lipinski definition) is 29. The van der Waals surface area contributed by atoms with Crippen molar-refractivity contribution in [2.45, 2.75) is 353 Å². The second-order valence-corrected chi connectivity index (χ2v) is 43.2. The van der Waals surface area contributed by atoms with E-state index in [-0.39, 0.29) is 191 Å². The number of nitrogens with one attached hydrogen (secondary N) is 10. The summed E-state index contributed by atoms with van der Waals surface area (Å²) in [7, 11) is 0. The lowest BCUT2D eigenvalue weighted by Gasteiger charge is -2.43. The second kappa shape index (κ2) is 54.6. The summed E-state index contributed by atoms with van der Waals surface area (Å²) < 4.78 is 54.2. The molecular formula is C92H168N10O29.